The van der Waals surface area contributed by atoms with Crippen molar-refractivity contribution in [3.8, 4) is 0 Å². The summed E-state index contributed by atoms with van der Waals surface area (Å²) in [5.74, 6) is -0.837. The number of benzene rings is 2. The van der Waals surface area contributed by atoms with Crippen molar-refractivity contribution in [2.24, 2.45) is 0 Å². The molecule has 0 saturated heterocycles. The Hall–Kier alpha value is -2.53. The van der Waals surface area contributed by atoms with Gasteiger partial charge in [0.15, 0.2) is 0 Å². The Morgan fingerprint density at radius 2 is 2.09 bits per heavy atom. The van der Waals surface area contributed by atoms with E-state index in [-0.39, 0.29) is 11.6 Å². The van der Waals surface area contributed by atoms with Crippen molar-refractivity contribution in [1.29, 1.82) is 0 Å². The molecule has 0 fully saturated rings. The lowest BCUT2D eigenvalue weighted by Gasteiger charge is -2.04. The maximum Gasteiger partial charge on any atom is 0.248 e. The summed E-state index contributed by atoms with van der Waals surface area (Å²) >= 11 is 1.50. The average molecular weight is 312 g/mol. The average Bonchev–Trinajstić information content (AvgIpc) is 2.92. The van der Waals surface area contributed by atoms with E-state index in [0.717, 1.165) is 20.8 Å². The molecule has 3 nitrogen and oxygen atoms in total. The van der Waals surface area contributed by atoms with Crippen LogP contribution in [0.2, 0.25) is 0 Å². The van der Waals surface area contributed by atoms with Gasteiger partial charge in [0.2, 0.25) is 5.91 Å². The van der Waals surface area contributed by atoms with Crippen LogP contribution in [0, 0.1) is 12.7 Å². The molecule has 22 heavy (non-hydrogen) atoms. The van der Waals surface area contributed by atoms with Gasteiger partial charge in [0.1, 0.15) is 10.8 Å². The number of halogens is 1. The van der Waals surface area contributed by atoms with Gasteiger partial charge in [0.25, 0.3) is 0 Å². The fourth-order valence-corrected chi connectivity index (χ4v) is 2.89. The van der Waals surface area contributed by atoms with Gasteiger partial charge in [-0.1, -0.05) is 18.2 Å². The van der Waals surface area contributed by atoms with Crippen LogP contribution in [0.25, 0.3) is 16.3 Å². The van der Waals surface area contributed by atoms with E-state index in [9.17, 15) is 9.18 Å². The van der Waals surface area contributed by atoms with Crippen LogP contribution in [0.4, 0.5) is 10.1 Å². The summed E-state index contributed by atoms with van der Waals surface area (Å²) in [6, 6.07) is 12.4. The minimum atomic E-state index is -0.452. The largest absolute Gasteiger partial charge is 0.320 e. The second kappa shape index (κ2) is 6.07. The monoisotopic (exact) mass is 312 g/mol. The van der Waals surface area contributed by atoms with Crippen molar-refractivity contribution in [3.63, 3.8) is 0 Å². The van der Waals surface area contributed by atoms with E-state index in [1.165, 1.54) is 23.5 Å². The summed E-state index contributed by atoms with van der Waals surface area (Å²) in [6.45, 7) is 1.84. The number of fused-ring (bicyclic) bond motifs is 1. The highest BCUT2D eigenvalue weighted by Crippen LogP contribution is 2.22. The molecule has 0 aliphatic heterocycles. The molecular formula is C17H13FN2OS. The lowest BCUT2D eigenvalue weighted by molar-refractivity contribution is -0.111. The number of nitrogens with zero attached hydrogens (tertiary/aromatic N) is 1. The second-order valence-electron chi connectivity index (χ2n) is 4.83. The van der Waals surface area contributed by atoms with Crippen molar-refractivity contribution in [3.05, 3.63) is 64.9 Å². The highest BCUT2D eigenvalue weighted by atomic mass is 32.1. The fourth-order valence-electron chi connectivity index (χ4n) is 2.02. The number of aryl methyl sites for hydroxylation is 1. The summed E-state index contributed by atoms with van der Waals surface area (Å²) in [7, 11) is 0. The van der Waals surface area contributed by atoms with Gasteiger partial charge in [-0.2, -0.15) is 0 Å². The zero-order valence-electron chi connectivity index (χ0n) is 11.8. The highest BCUT2D eigenvalue weighted by Gasteiger charge is 2.05. The second-order valence-corrected chi connectivity index (χ2v) is 5.89. The Labute approximate surface area is 131 Å². The molecule has 0 unspecified atom stereocenters. The molecule has 3 aromatic rings. The first-order valence-corrected chi connectivity index (χ1v) is 7.54. The lowest BCUT2D eigenvalue weighted by atomic mass is 10.2. The zero-order chi connectivity index (χ0) is 15.5. The molecule has 5 heteroatoms. The maximum atomic E-state index is 13.6. The molecule has 0 bridgehead atoms. The molecule has 1 amide bonds. The molecule has 2 aromatic carbocycles. The van der Waals surface area contributed by atoms with Gasteiger partial charge in [0.05, 0.1) is 15.9 Å². The molecule has 0 radical (unpaired) electrons. The number of aromatic nitrogens is 1. The van der Waals surface area contributed by atoms with Gasteiger partial charge in [0, 0.05) is 6.08 Å². The number of hydrogen-bond donors (Lipinski definition) is 1. The first-order valence-electron chi connectivity index (χ1n) is 6.72. The molecule has 1 N–H and O–H groups in total. The lowest BCUT2D eigenvalue weighted by Crippen LogP contribution is -2.09. The number of carbonyl (C=O) groups is 1. The number of thiazole rings is 1. The van der Waals surface area contributed by atoms with Crippen LogP contribution < -0.4 is 5.32 Å². The molecule has 0 aliphatic carbocycles. The van der Waals surface area contributed by atoms with Gasteiger partial charge < -0.3 is 5.32 Å². The molecular weight excluding hydrogens is 299 g/mol. The van der Waals surface area contributed by atoms with Crippen LogP contribution in [0.3, 0.4) is 0 Å². The molecule has 0 atom stereocenters. The van der Waals surface area contributed by atoms with Gasteiger partial charge in [-0.05, 0) is 42.8 Å². The van der Waals surface area contributed by atoms with Crippen molar-refractivity contribution >= 4 is 39.2 Å². The first kappa shape index (κ1) is 14.4. The Morgan fingerprint density at radius 1 is 1.27 bits per heavy atom. The normalized spacial score (nSPS) is 11.2. The zero-order valence-corrected chi connectivity index (χ0v) is 12.7. The summed E-state index contributed by atoms with van der Waals surface area (Å²) in [5.41, 5.74) is 1.96. The minimum Gasteiger partial charge on any atom is -0.320 e. The van der Waals surface area contributed by atoms with Crippen LogP contribution in [0.5, 0.6) is 0 Å². The summed E-state index contributed by atoms with van der Waals surface area (Å²) in [6.07, 6.45) is 2.99. The quantitative estimate of drug-likeness (QED) is 0.729. The molecule has 0 saturated carbocycles. The van der Waals surface area contributed by atoms with Crippen molar-refractivity contribution in [1.82, 2.24) is 4.98 Å². The number of rotatable bonds is 3. The van der Waals surface area contributed by atoms with Gasteiger partial charge in [-0.3, -0.25) is 4.79 Å². The van der Waals surface area contributed by atoms with Crippen LogP contribution >= 0.6 is 11.3 Å². The Bertz CT molecular complexity index is 837. The summed E-state index contributed by atoms with van der Waals surface area (Å²) in [5, 5.41) is 3.27. The van der Waals surface area contributed by atoms with E-state index in [2.05, 4.69) is 10.3 Å². The Kier molecular flexibility index (Phi) is 3.98. The summed E-state index contributed by atoms with van der Waals surface area (Å²) in [4.78, 5) is 16.3. The first-order chi connectivity index (χ1) is 10.6. The molecule has 1 heterocycles. The van der Waals surface area contributed by atoms with Crippen molar-refractivity contribution in [2.45, 2.75) is 6.92 Å². The third-order valence-electron chi connectivity index (χ3n) is 3.07. The Morgan fingerprint density at radius 3 is 2.91 bits per heavy atom. The van der Waals surface area contributed by atoms with Crippen molar-refractivity contribution < 1.29 is 9.18 Å². The van der Waals surface area contributed by atoms with E-state index in [4.69, 9.17) is 0 Å². The molecule has 0 aliphatic rings. The Balaban J connectivity index is 1.74. The molecule has 110 valence electrons. The molecule has 0 spiro atoms. The third kappa shape index (κ3) is 3.20. The number of amides is 1. The number of nitrogens with one attached hydrogen (secondary N) is 1. The topological polar surface area (TPSA) is 42.0 Å². The van der Waals surface area contributed by atoms with E-state index in [1.807, 2.05) is 31.2 Å². The predicted molar refractivity (Wildman–Crippen MR) is 88.4 cm³/mol. The highest BCUT2D eigenvalue weighted by molar-refractivity contribution is 7.19. The van der Waals surface area contributed by atoms with E-state index >= 15 is 0 Å². The van der Waals surface area contributed by atoms with Crippen LogP contribution in [0.1, 0.15) is 10.6 Å². The number of carbonyl (C=O) groups excluding carboxylic acids is 1. The number of anilines is 1. The van der Waals surface area contributed by atoms with Crippen LogP contribution in [0.15, 0.2) is 48.5 Å². The van der Waals surface area contributed by atoms with Gasteiger partial charge >= 0.3 is 0 Å². The molecule has 1 aromatic heterocycles. The van der Waals surface area contributed by atoms with E-state index < -0.39 is 5.82 Å². The van der Waals surface area contributed by atoms with E-state index in [0.29, 0.717) is 0 Å². The molecule has 3 rings (SSSR count). The smallest absolute Gasteiger partial charge is 0.248 e. The van der Waals surface area contributed by atoms with Crippen molar-refractivity contribution in [2.75, 3.05) is 5.32 Å². The minimum absolute atomic E-state index is 0.180. The van der Waals surface area contributed by atoms with Crippen LogP contribution in [-0.4, -0.2) is 10.9 Å². The van der Waals surface area contributed by atoms with Gasteiger partial charge in [-0.25, -0.2) is 9.37 Å². The van der Waals surface area contributed by atoms with Crippen LogP contribution in [-0.2, 0) is 4.79 Å². The number of para-hydroxylation sites is 1. The third-order valence-corrected chi connectivity index (χ3v) is 4.07. The standard InChI is InChI=1S/C17H13FN2OS/c1-11-6-7-12(18)14(10-11)19-16(21)8-9-17-20-13-4-2-3-5-15(13)22-17/h2-10H,1H3,(H,19,21)/b9-8+. The number of hydrogen-bond acceptors (Lipinski definition) is 3. The predicted octanol–water partition coefficient (Wildman–Crippen LogP) is 4.40. The fraction of sp³-hybridized carbons (Fsp3) is 0.0588. The maximum absolute atomic E-state index is 13.6. The van der Waals surface area contributed by atoms with Gasteiger partial charge in [-0.15, -0.1) is 11.3 Å². The SMILES string of the molecule is Cc1ccc(F)c(NC(=O)/C=C/c2nc3ccccc3s2)c1. The van der Waals surface area contributed by atoms with E-state index in [1.54, 1.807) is 18.2 Å². The summed E-state index contributed by atoms with van der Waals surface area (Å²) < 4.78 is 14.6.